The third kappa shape index (κ3) is 1.29. The van der Waals surface area contributed by atoms with Gasteiger partial charge in [-0.3, -0.25) is 0 Å². The molecular weight excluding hydrogens is 160 g/mol. The second kappa shape index (κ2) is 3.00. The molecule has 1 N–H and O–H groups in total. The molecule has 0 fully saturated rings. The van der Waals surface area contributed by atoms with Crippen molar-refractivity contribution < 1.29 is 5.11 Å². The van der Waals surface area contributed by atoms with Gasteiger partial charge in [0.25, 0.3) is 0 Å². The summed E-state index contributed by atoms with van der Waals surface area (Å²) in [5.74, 6) is 0. The lowest BCUT2D eigenvalue weighted by molar-refractivity contribution is 0.0822. The van der Waals surface area contributed by atoms with Gasteiger partial charge in [-0.15, -0.1) is 0 Å². The van der Waals surface area contributed by atoms with Crippen LogP contribution in [0.3, 0.4) is 0 Å². The molecule has 2 rings (SSSR count). The fourth-order valence-corrected chi connectivity index (χ4v) is 1.95. The lowest BCUT2D eigenvalue weighted by atomic mass is 9.91. The van der Waals surface area contributed by atoms with E-state index < -0.39 is 5.60 Å². The Hall–Kier alpha value is -1.08. The van der Waals surface area contributed by atoms with Crippen LogP contribution in [-0.2, 0) is 5.60 Å². The number of rotatable bonds is 2. The third-order valence-corrected chi connectivity index (χ3v) is 2.60. The van der Waals surface area contributed by atoms with E-state index in [1.165, 1.54) is 0 Å². The summed E-state index contributed by atoms with van der Waals surface area (Å²) >= 11 is 0. The Morgan fingerprint density at radius 3 is 2.85 bits per heavy atom. The highest BCUT2D eigenvalue weighted by Gasteiger charge is 2.30. The number of fused-ring (bicyclic) bond motifs is 1. The molecule has 1 heteroatoms. The van der Waals surface area contributed by atoms with Crippen molar-refractivity contribution in [3.8, 4) is 0 Å². The van der Waals surface area contributed by atoms with Crippen molar-refractivity contribution in [2.24, 2.45) is 0 Å². The molecule has 1 aliphatic rings. The smallest absolute Gasteiger partial charge is 0.109 e. The monoisotopic (exact) mass is 174 g/mol. The van der Waals surface area contributed by atoms with Crippen LogP contribution < -0.4 is 0 Å². The number of hydrogen-bond acceptors (Lipinski definition) is 1. The summed E-state index contributed by atoms with van der Waals surface area (Å²) in [7, 11) is 0. The van der Waals surface area contributed by atoms with Crippen molar-refractivity contribution in [3.63, 3.8) is 0 Å². The van der Waals surface area contributed by atoms with Crippen molar-refractivity contribution in [3.05, 3.63) is 41.5 Å². The standard InChI is InChI=1S/C12H14O/c1-2-8-12(13)9-7-10-5-3-4-6-11(10)12/h3-7,9,13H,2,8H2,1H3. The molecule has 0 aliphatic heterocycles. The van der Waals surface area contributed by atoms with Crippen LogP contribution in [0, 0.1) is 0 Å². The maximum atomic E-state index is 10.3. The van der Waals surface area contributed by atoms with Gasteiger partial charge in [0.05, 0.1) is 0 Å². The minimum absolute atomic E-state index is 0.703. The normalized spacial score (nSPS) is 24.8. The van der Waals surface area contributed by atoms with E-state index in [0.717, 1.165) is 24.0 Å². The Balaban J connectivity index is 2.42. The average Bonchev–Trinajstić information content (AvgIpc) is 2.46. The largest absolute Gasteiger partial charge is 0.381 e. The lowest BCUT2D eigenvalue weighted by Crippen LogP contribution is -2.20. The van der Waals surface area contributed by atoms with Gasteiger partial charge in [0.15, 0.2) is 0 Å². The summed E-state index contributed by atoms with van der Waals surface area (Å²) < 4.78 is 0. The van der Waals surface area contributed by atoms with Crippen LogP contribution in [0.5, 0.6) is 0 Å². The maximum absolute atomic E-state index is 10.3. The van der Waals surface area contributed by atoms with Crippen LogP contribution >= 0.6 is 0 Å². The number of hydrogen-bond donors (Lipinski definition) is 1. The van der Waals surface area contributed by atoms with Crippen molar-refractivity contribution in [2.45, 2.75) is 25.4 Å². The van der Waals surface area contributed by atoms with Gasteiger partial charge in [0, 0.05) is 0 Å². The molecule has 0 saturated heterocycles. The molecule has 13 heavy (non-hydrogen) atoms. The summed E-state index contributed by atoms with van der Waals surface area (Å²) in [4.78, 5) is 0. The van der Waals surface area contributed by atoms with Gasteiger partial charge < -0.3 is 5.11 Å². The van der Waals surface area contributed by atoms with E-state index in [9.17, 15) is 5.11 Å². The first kappa shape index (κ1) is 8.52. The van der Waals surface area contributed by atoms with Crippen LogP contribution in [0.25, 0.3) is 6.08 Å². The Morgan fingerprint density at radius 2 is 2.08 bits per heavy atom. The SMILES string of the molecule is CCCC1(O)C=Cc2ccccc21. The summed E-state index contributed by atoms with van der Waals surface area (Å²) in [6.07, 6.45) is 5.71. The maximum Gasteiger partial charge on any atom is 0.109 e. The fraction of sp³-hybridized carbons (Fsp3) is 0.333. The van der Waals surface area contributed by atoms with Gasteiger partial charge in [0.1, 0.15) is 5.60 Å². The molecule has 0 spiro atoms. The van der Waals surface area contributed by atoms with E-state index in [4.69, 9.17) is 0 Å². The molecule has 1 atom stereocenters. The summed E-state index contributed by atoms with van der Waals surface area (Å²) in [5, 5.41) is 10.3. The zero-order chi connectivity index (χ0) is 9.31. The highest BCUT2D eigenvalue weighted by atomic mass is 16.3. The first-order valence-electron chi connectivity index (χ1n) is 4.77. The first-order valence-corrected chi connectivity index (χ1v) is 4.77. The van der Waals surface area contributed by atoms with Gasteiger partial charge in [-0.25, -0.2) is 0 Å². The van der Waals surface area contributed by atoms with Gasteiger partial charge in [0.2, 0.25) is 0 Å². The fourth-order valence-electron chi connectivity index (χ4n) is 1.95. The predicted molar refractivity (Wildman–Crippen MR) is 54.3 cm³/mol. The van der Waals surface area contributed by atoms with E-state index in [-0.39, 0.29) is 0 Å². The highest BCUT2D eigenvalue weighted by molar-refractivity contribution is 5.63. The Bertz CT molecular complexity index is 341. The summed E-state index contributed by atoms with van der Waals surface area (Å²) in [5.41, 5.74) is 1.50. The zero-order valence-electron chi connectivity index (χ0n) is 7.83. The van der Waals surface area contributed by atoms with Crippen LogP contribution in [0.1, 0.15) is 30.9 Å². The average molecular weight is 174 g/mol. The first-order chi connectivity index (χ1) is 6.26. The summed E-state index contributed by atoms with van der Waals surface area (Å²) in [6.45, 7) is 2.09. The highest BCUT2D eigenvalue weighted by Crippen LogP contribution is 2.36. The predicted octanol–water partition coefficient (Wildman–Crippen LogP) is 2.70. The van der Waals surface area contributed by atoms with E-state index in [1.54, 1.807) is 0 Å². The molecule has 0 aromatic heterocycles. The molecule has 0 saturated carbocycles. The topological polar surface area (TPSA) is 20.2 Å². The molecular formula is C12H14O. The van der Waals surface area contributed by atoms with Crippen LogP contribution in [0.2, 0.25) is 0 Å². The minimum atomic E-state index is -0.703. The molecule has 1 nitrogen and oxygen atoms in total. The second-order valence-corrected chi connectivity index (χ2v) is 3.59. The van der Waals surface area contributed by atoms with Gasteiger partial charge in [-0.2, -0.15) is 0 Å². The molecule has 0 radical (unpaired) electrons. The number of benzene rings is 1. The molecule has 1 aromatic carbocycles. The van der Waals surface area contributed by atoms with E-state index >= 15 is 0 Å². The van der Waals surface area contributed by atoms with E-state index in [1.807, 2.05) is 36.4 Å². The second-order valence-electron chi connectivity index (χ2n) is 3.59. The molecule has 68 valence electrons. The zero-order valence-corrected chi connectivity index (χ0v) is 7.83. The van der Waals surface area contributed by atoms with Crippen LogP contribution in [0.15, 0.2) is 30.3 Å². The van der Waals surface area contributed by atoms with Crippen molar-refractivity contribution >= 4 is 6.08 Å². The lowest BCUT2D eigenvalue weighted by Gasteiger charge is -2.21. The minimum Gasteiger partial charge on any atom is -0.381 e. The Kier molecular flexibility index (Phi) is 1.97. The van der Waals surface area contributed by atoms with Crippen molar-refractivity contribution in [2.75, 3.05) is 0 Å². The van der Waals surface area contributed by atoms with Crippen LogP contribution in [0.4, 0.5) is 0 Å². The molecule has 1 unspecified atom stereocenters. The molecule has 1 aliphatic carbocycles. The Morgan fingerprint density at radius 1 is 1.31 bits per heavy atom. The molecule has 1 aromatic rings. The van der Waals surface area contributed by atoms with Crippen LogP contribution in [-0.4, -0.2) is 5.11 Å². The molecule has 0 amide bonds. The van der Waals surface area contributed by atoms with Crippen molar-refractivity contribution in [1.29, 1.82) is 0 Å². The van der Waals surface area contributed by atoms with Crippen molar-refractivity contribution in [1.82, 2.24) is 0 Å². The quantitative estimate of drug-likeness (QED) is 0.730. The third-order valence-electron chi connectivity index (χ3n) is 2.60. The number of aliphatic hydroxyl groups is 1. The van der Waals surface area contributed by atoms with Gasteiger partial charge in [-0.1, -0.05) is 43.7 Å². The van der Waals surface area contributed by atoms with Gasteiger partial charge >= 0.3 is 0 Å². The van der Waals surface area contributed by atoms with Gasteiger partial charge in [-0.05, 0) is 23.6 Å². The molecule has 0 bridgehead atoms. The van der Waals surface area contributed by atoms with E-state index in [2.05, 4.69) is 6.92 Å². The molecule has 0 heterocycles. The Labute approximate surface area is 78.7 Å². The summed E-state index contributed by atoms with van der Waals surface area (Å²) in [6, 6.07) is 8.03. The van der Waals surface area contributed by atoms with E-state index in [0.29, 0.717) is 0 Å².